The van der Waals surface area contributed by atoms with Crippen LogP contribution in [0, 0.1) is 6.92 Å². The minimum atomic E-state index is 0.0958. The summed E-state index contributed by atoms with van der Waals surface area (Å²) in [6.07, 6.45) is 5.46. The Morgan fingerprint density at radius 1 is 1.31 bits per heavy atom. The standard InChI is InChI=1S/C13H12N2O/c1-10-7-12(4-6-15-10)13(16)8-11-3-2-5-14-9-11/h2-7,9H,8H2,1H3. The largest absolute Gasteiger partial charge is 0.294 e. The predicted octanol–water partition coefficient (Wildman–Crippen LogP) is 2.21. The lowest BCUT2D eigenvalue weighted by Crippen LogP contribution is -2.04. The van der Waals surface area contributed by atoms with Gasteiger partial charge in [0.2, 0.25) is 0 Å². The number of aryl methyl sites for hydroxylation is 1. The summed E-state index contributed by atoms with van der Waals surface area (Å²) in [5.74, 6) is 0.0958. The second-order valence-electron chi connectivity index (χ2n) is 3.65. The maximum Gasteiger partial charge on any atom is 0.167 e. The Kier molecular flexibility index (Phi) is 3.05. The van der Waals surface area contributed by atoms with Gasteiger partial charge in [-0.1, -0.05) is 6.07 Å². The summed E-state index contributed by atoms with van der Waals surface area (Å²) in [5, 5.41) is 0. The van der Waals surface area contributed by atoms with E-state index in [0.29, 0.717) is 12.0 Å². The van der Waals surface area contributed by atoms with Gasteiger partial charge in [-0.05, 0) is 30.7 Å². The third-order valence-electron chi connectivity index (χ3n) is 2.31. The molecule has 0 aliphatic carbocycles. The highest BCUT2D eigenvalue weighted by atomic mass is 16.1. The number of aromatic nitrogens is 2. The fourth-order valence-electron chi connectivity index (χ4n) is 1.51. The minimum absolute atomic E-state index is 0.0958. The molecule has 0 aliphatic heterocycles. The Labute approximate surface area is 94.2 Å². The molecule has 0 aromatic carbocycles. The summed E-state index contributed by atoms with van der Waals surface area (Å²) in [7, 11) is 0. The molecule has 0 atom stereocenters. The number of Topliss-reactive ketones (excluding diaryl/α,β-unsaturated/α-hetero) is 1. The van der Waals surface area contributed by atoms with E-state index in [1.54, 1.807) is 30.7 Å². The molecular formula is C13H12N2O. The van der Waals surface area contributed by atoms with Crippen LogP contribution in [-0.4, -0.2) is 15.8 Å². The zero-order valence-electron chi connectivity index (χ0n) is 9.05. The third-order valence-corrected chi connectivity index (χ3v) is 2.31. The molecule has 0 fully saturated rings. The van der Waals surface area contributed by atoms with Gasteiger partial charge in [-0.3, -0.25) is 14.8 Å². The van der Waals surface area contributed by atoms with Gasteiger partial charge in [0.05, 0.1) is 0 Å². The second-order valence-corrected chi connectivity index (χ2v) is 3.65. The first-order chi connectivity index (χ1) is 7.75. The van der Waals surface area contributed by atoms with Crippen molar-refractivity contribution in [3.05, 3.63) is 59.7 Å². The van der Waals surface area contributed by atoms with Crippen LogP contribution in [0.2, 0.25) is 0 Å². The first-order valence-corrected chi connectivity index (χ1v) is 5.10. The van der Waals surface area contributed by atoms with Gasteiger partial charge in [-0.2, -0.15) is 0 Å². The Morgan fingerprint density at radius 2 is 2.19 bits per heavy atom. The highest BCUT2D eigenvalue weighted by Gasteiger charge is 2.07. The molecule has 16 heavy (non-hydrogen) atoms. The van der Waals surface area contributed by atoms with Crippen LogP contribution in [0.15, 0.2) is 42.9 Å². The molecule has 0 radical (unpaired) electrons. The number of rotatable bonds is 3. The minimum Gasteiger partial charge on any atom is -0.294 e. The molecule has 0 unspecified atom stereocenters. The summed E-state index contributed by atoms with van der Waals surface area (Å²) in [4.78, 5) is 20.0. The normalized spacial score (nSPS) is 10.1. The molecule has 0 bridgehead atoms. The van der Waals surface area contributed by atoms with E-state index in [1.165, 1.54) is 0 Å². The van der Waals surface area contributed by atoms with Crippen molar-refractivity contribution in [1.82, 2.24) is 9.97 Å². The van der Waals surface area contributed by atoms with Crippen molar-refractivity contribution in [2.45, 2.75) is 13.3 Å². The fraction of sp³-hybridized carbons (Fsp3) is 0.154. The van der Waals surface area contributed by atoms with Crippen LogP contribution >= 0.6 is 0 Å². The predicted molar refractivity (Wildman–Crippen MR) is 61.2 cm³/mol. The van der Waals surface area contributed by atoms with Gasteiger partial charge in [0.25, 0.3) is 0 Å². The lowest BCUT2D eigenvalue weighted by molar-refractivity contribution is 0.0992. The van der Waals surface area contributed by atoms with Crippen LogP contribution in [0.5, 0.6) is 0 Å². The SMILES string of the molecule is Cc1cc(C(=O)Cc2cccnc2)ccn1. The topological polar surface area (TPSA) is 42.9 Å². The van der Waals surface area contributed by atoms with E-state index >= 15 is 0 Å². The molecule has 0 N–H and O–H groups in total. The van der Waals surface area contributed by atoms with Crippen LogP contribution < -0.4 is 0 Å². The fourth-order valence-corrected chi connectivity index (χ4v) is 1.51. The number of nitrogens with zero attached hydrogens (tertiary/aromatic N) is 2. The molecule has 2 heterocycles. The molecule has 80 valence electrons. The first kappa shape index (κ1) is 10.5. The van der Waals surface area contributed by atoms with Crippen molar-refractivity contribution in [3.63, 3.8) is 0 Å². The second kappa shape index (κ2) is 4.66. The van der Waals surface area contributed by atoms with Crippen LogP contribution in [0.3, 0.4) is 0 Å². The maximum absolute atomic E-state index is 11.9. The van der Waals surface area contributed by atoms with Crippen molar-refractivity contribution >= 4 is 5.78 Å². The molecular weight excluding hydrogens is 200 g/mol. The molecule has 3 heteroatoms. The van der Waals surface area contributed by atoms with Crippen molar-refractivity contribution in [1.29, 1.82) is 0 Å². The van der Waals surface area contributed by atoms with Gasteiger partial charge in [0.15, 0.2) is 5.78 Å². The van der Waals surface area contributed by atoms with Crippen molar-refractivity contribution in [2.24, 2.45) is 0 Å². The first-order valence-electron chi connectivity index (χ1n) is 5.10. The van der Waals surface area contributed by atoms with Gasteiger partial charge in [-0.25, -0.2) is 0 Å². The molecule has 2 aromatic rings. The van der Waals surface area contributed by atoms with Crippen LogP contribution in [-0.2, 0) is 6.42 Å². The number of hydrogen-bond donors (Lipinski definition) is 0. The molecule has 0 saturated carbocycles. The van der Waals surface area contributed by atoms with Crippen molar-refractivity contribution in [3.8, 4) is 0 Å². The average molecular weight is 212 g/mol. The van der Waals surface area contributed by atoms with Gasteiger partial charge < -0.3 is 0 Å². The van der Waals surface area contributed by atoms with Gasteiger partial charge in [-0.15, -0.1) is 0 Å². The van der Waals surface area contributed by atoms with E-state index in [0.717, 1.165) is 11.3 Å². The Hall–Kier alpha value is -2.03. The van der Waals surface area contributed by atoms with Crippen LogP contribution in [0.25, 0.3) is 0 Å². The average Bonchev–Trinajstić information content (AvgIpc) is 2.30. The van der Waals surface area contributed by atoms with Gasteiger partial charge >= 0.3 is 0 Å². The van der Waals surface area contributed by atoms with E-state index in [1.807, 2.05) is 19.1 Å². The zero-order valence-corrected chi connectivity index (χ0v) is 9.05. The number of carbonyl (C=O) groups excluding carboxylic acids is 1. The van der Waals surface area contributed by atoms with Crippen molar-refractivity contribution < 1.29 is 4.79 Å². The highest BCUT2D eigenvalue weighted by molar-refractivity contribution is 5.97. The Balaban J connectivity index is 2.15. The summed E-state index contributed by atoms with van der Waals surface area (Å²) in [6, 6.07) is 7.28. The quantitative estimate of drug-likeness (QED) is 0.732. The molecule has 0 saturated heterocycles. The van der Waals surface area contributed by atoms with E-state index in [-0.39, 0.29) is 5.78 Å². The molecule has 2 rings (SSSR count). The van der Waals surface area contributed by atoms with Crippen LogP contribution in [0.4, 0.5) is 0 Å². The lowest BCUT2D eigenvalue weighted by atomic mass is 10.0. The molecule has 0 spiro atoms. The third kappa shape index (κ3) is 2.51. The van der Waals surface area contributed by atoms with E-state index in [9.17, 15) is 4.79 Å². The summed E-state index contributed by atoms with van der Waals surface area (Å²) in [6.45, 7) is 1.88. The number of ketones is 1. The number of carbonyl (C=O) groups is 1. The lowest BCUT2D eigenvalue weighted by Gasteiger charge is -2.01. The monoisotopic (exact) mass is 212 g/mol. The number of pyridine rings is 2. The van der Waals surface area contributed by atoms with Crippen molar-refractivity contribution in [2.75, 3.05) is 0 Å². The molecule has 0 amide bonds. The van der Waals surface area contributed by atoms with Gasteiger partial charge in [0.1, 0.15) is 0 Å². The smallest absolute Gasteiger partial charge is 0.167 e. The summed E-state index contributed by atoms with van der Waals surface area (Å²) >= 11 is 0. The zero-order chi connectivity index (χ0) is 11.4. The van der Waals surface area contributed by atoms with E-state index in [4.69, 9.17) is 0 Å². The van der Waals surface area contributed by atoms with E-state index in [2.05, 4.69) is 9.97 Å². The molecule has 3 nitrogen and oxygen atoms in total. The summed E-state index contributed by atoms with van der Waals surface area (Å²) < 4.78 is 0. The van der Waals surface area contributed by atoms with Gasteiger partial charge in [0, 0.05) is 36.3 Å². The van der Waals surface area contributed by atoms with Crippen LogP contribution in [0.1, 0.15) is 21.6 Å². The maximum atomic E-state index is 11.9. The highest BCUT2D eigenvalue weighted by Crippen LogP contribution is 2.07. The molecule has 0 aliphatic rings. The Morgan fingerprint density at radius 3 is 2.88 bits per heavy atom. The van der Waals surface area contributed by atoms with E-state index < -0.39 is 0 Å². The molecule has 2 aromatic heterocycles. The Bertz CT molecular complexity index is 494. The summed E-state index contributed by atoms with van der Waals surface area (Å²) in [5.41, 5.74) is 2.50. The number of hydrogen-bond acceptors (Lipinski definition) is 3.